The summed E-state index contributed by atoms with van der Waals surface area (Å²) in [6.07, 6.45) is -5.41. The van der Waals surface area contributed by atoms with Gasteiger partial charge in [0.15, 0.2) is 0 Å². The van der Waals surface area contributed by atoms with Gasteiger partial charge in [-0.05, 0) is 87.3 Å². The van der Waals surface area contributed by atoms with Gasteiger partial charge in [0.2, 0.25) is 5.91 Å². The van der Waals surface area contributed by atoms with Crippen LogP contribution in [-0.2, 0) is 25.3 Å². The number of carbonyl (C=O) groups excluding carboxylic acids is 3. The Morgan fingerprint density at radius 2 is 1.19 bits per heavy atom. The summed E-state index contributed by atoms with van der Waals surface area (Å²) in [6.45, 7) is 3.16. The van der Waals surface area contributed by atoms with Crippen LogP contribution >= 0.6 is 34.8 Å². The van der Waals surface area contributed by atoms with Crippen LogP contribution in [0.4, 0.5) is 37.7 Å². The fraction of sp³-hybridized carbons (Fsp3) is 0.500. The molecule has 48 heavy (non-hydrogen) atoms. The second-order valence-corrected chi connectivity index (χ2v) is 11.2. The van der Waals surface area contributed by atoms with Crippen LogP contribution in [0.25, 0.3) is 0 Å². The Morgan fingerprint density at radius 1 is 0.729 bits per heavy atom. The minimum absolute atomic E-state index is 0.0169. The lowest BCUT2D eigenvalue weighted by atomic mass is 10.0. The van der Waals surface area contributed by atoms with Crippen molar-refractivity contribution in [2.24, 2.45) is 0 Å². The van der Waals surface area contributed by atoms with Crippen molar-refractivity contribution in [2.45, 2.75) is 50.3 Å². The lowest BCUT2D eigenvalue weighted by Gasteiger charge is -2.32. The maximum absolute atomic E-state index is 12.5. The molecule has 2 aromatic rings. The molecule has 0 aliphatic carbocycles. The number of piperidine rings is 2. The number of likely N-dealkylation sites (tertiary alicyclic amines) is 1. The average molecular weight is 752 g/mol. The van der Waals surface area contributed by atoms with Crippen LogP contribution in [-0.4, -0.2) is 85.0 Å². The number of carbonyl (C=O) groups is 3. The van der Waals surface area contributed by atoms with Gasteiger partial charge >= 0.3 is 24.5 Å². The molecular formula is C30H35Cl3F6N4O5. The van der Waals surface area contributed by atoms with Gasteiger partial charge in [0, 0.05) is 36.5 Å². The normalized spacial score (nSPS) is 15.6. The fourth-order valence-corrected chi connectivity index (χ4v) is 4.76. The van der Waals surface area contributed by atoms with E-state index < -0.39 is 30.0 Å². The highest BCUT2D eigenvalue weighted by molar-refractivity contribution is 6.29. The summed E-state index contributed by atoms with van der Waals surface area (Å²) >= 11 is 15.5. The van der Waals surface area contributed by atoms with Gasteiger partial charge in [0.05, 0.1) is 5.56 Å². The quantitative estimate of drug-likeness (QED) is 0.120. The van der Waals surface area contributed by atoms with Gasteiger partial charge in [-0.3, -0.25) is 14.4 Å². The largest absolute Gasteiger partial charge is 0.573 e. The maximum Gasteiger partial charge on any atom is 0.573 e. The number of halogens is 9. The molecule has 3 N–H and O–H groups in total. The van der Waals surface area contributed by atoms with Crippen LogP contribution < -0.4 is 20.7 Å². The van der Waals surface area contributed by atoms with Crippen molar-refractivity contribution in [3.8, 4) is 5.75 Å². The molecular weight excluding hydrogens is 717 g/mol. The number of alkyl halides is 9. The third-order valence-corrected chi connectivity index (χ3v) is 7.45. The highest BCUT2D eigenvalue weighted by Crippen LogP contribution is 2.30. The highest BCUT2D eigenvalue weighted by Gasteiger charge is 2.31. The standard InChI is InChI=1S/C14H16ClF3N2O.C12H15F3N2O.C4H4Cl2O3/c15-9-13(21)20-7-5-12(6-8-20)19-11-3-1-10(2-4-11)14(16,17)18;13-12(14,15)18-11-3-1-9(2-4-11)17-10-5-7-16-8-6-10;5-1-3(7)9-4(8)2-6/h1-4,12,19H,5-9H2;1-4,10,16-17H,5-8H2;1-2H2. The first kappa shape index (κ1) is 41.0. The fourth-order valence-electron chi connectivity index (χ4n) is 4.49. The van der Waals surface area contributed by atoms with Crippen molar-refractivity contribution in [1.29, 1.82) is 0 Å². The zero-order valence-electron chi connectivity index (χ0n) is 25.4. The molecule has 9 nitrogen and oxygen atoms in total. The van der Waals surface area contributed by atoms with Crippen LogP contribution in [0.3, 0.4) is 0 Å². The van der Waals surface area contributed by atoms with Crippen LogP contribution in [0.2, 0.25) is 0 Å². The third kappa shape index (κ3) is 16.3. The van der Waals surface area contributed by atoms with Crippen LogP contribution in [0, 0.1) is 0 Å². The number of ether oxygens (including phenoxy) is 2. The Kier molecular flexibility index (Phi) is 17.4. The van der Waals surface area contributed by atoms with Gasteiger partial charge in [-0.15, -0.1) is 48.0 Å². The lowest BCUT2D eigenvalue weighted by molar-refractivity contribution is -0.274. The SMILES string of the molecule is FC(F)(F)Oc1ccc(NC2CCNCC2)cc1.O=C(CCl)N1CCC(Nc2ccc(C(F)(F)F)cc2)CC1.O=C(CCl)OC(=O)CCl. The first-order valence-corrected chi connectivity index (χ1v) is 16.2. The number of hydrogen-bond acceptors (Lipinski definition) is 8. The van der Waals surface area contributed by atoms with Gasteiger partial charge in [-0.25, -0.2) is 0 Å². The van der Waals surface area contributed by atoms with E-state index in [1.165, 1.54) is 24.3 Å². The van der Waals surface area contributed by atoms with Gasteiger partial charge in [0.1, 0.15) is 23.4 Å². The summed E-state index contributed by atoms with van der Waals surface area (Å²) in [5.74, 6) is -2.50. The summed E-state index contributed by atoms with van der Waals surface area (Å²) in [6, 6.07) is 11.4. The van der Waals surface area contributed by atoms with Crippen LogP contribution in [0.15, 0.2) is 48.5 Å². The van der Waals surface area contributed by atoms with Gasteiger partial charge in [0.25, 0.3) is 0 Å². The van der Waals surface area contributed by atoms with Crippen LogP contribution in [0.1, 0.15) is 31.2 Å². The van der Waals surface area contributed by atoms with E-state index in [0.717, 1.165) is 56.6 Å². The van der Waals surface area contributed by atoms with Crippen molar-refractivity contribution in [1.82, 2.24) is 10.2 Å². The average Bonchev–Trinajstić information content (AvgIpc) is 3.06. The van der Waals surface area contributed by atoms with Gasteiger partial charge in [-0.2, -0.15) is 13.2 Å². The Balaban J connectivity index is 0.000000270. The summed E-state index contributed by atoms with van der Waals surface area (Å²) < 4.78 is 81.1. The molecule has 0 unspecified atom stereocenters. The minimum atomic E-state index is -4.63. The molecule has 18 heteroatoms. The predicted octanol–water partition coefficient (Wildman–Crippen LogP) is 6.63. The minimum Gasteiger partial charge on any atom is -0.406 e. The Bertz CT molecular complexity index is 1260. The number of nitrogens with zero attached hydrogens (tertiary/aromatic N) is 1. The predicted molar refractivity (Wildman–Crippen MR) is 171 cm³/mol. The number of benzene rings is 2. The molecule has 0 aromatic heterocycles. The molecule has 0 bridgehead atoms. The number of anilines is 2. The van der Waals surface area contributed by atoms with E-state index in [0.29, 0.717) is 24.8 Å². The molecule has 0 spiro atoms. The van der Waals surface area contributed by atoms with Crippen molar-refractivity contribution in [2.75, 3.05) is 54.5 Å². The number of rotatable bonds is 8. The molecule has 0 radical (unpaired) electrons. The Labute approximate surface area is 288 Å². The highest BCUT2D eigenvalue weighted by atomic mass is 35.5. The molecule has 2 fully saturated rings. The van der Waals surface area contributed by atoms with E-state index in [1.54, 1.807) is 17.0 Å². The van der Waals surface area contributed by atoms with E-state index in [2.05, 4.69) is 25.4 Å². The van der Waals surface area contributed by atoms with E-state index in [-0.39, 0.29) is 35.3 Å². The first-order valence-electron chi connectivity index (χ1n) is 14.6. The molecule has 1 amide bonds. The zero-order valence-corrected chi connectivity index (χ0v) is 27.7. The monoisotopic (exact) mass is 750 g/mol. The van der Waals surface area contributed by atoms with Crippen LogP contribution in [0.5, 0.6) is 5.75 Å². The number of esters is 2. The van der Waals surface area contributed by atoms with E-state index in [9.17, 15) is 40.7 Å². The van der Waals surface area contributed by atoms with Crippen molar-refractivity contribution >= 4 is 64.0 Å². The number of hydrogen-bond donors (Lipinski definition) is 3. The molecule has 2 aromatic carbocycles. The maximum atomic E-state index is 12.5. The second-order valence-electron chi connectivity index (χ2n) is 10.4. The zero-order chi connectivity index (χ0) is 35.7. The number of amides is 1. The van der Waals surface area contributed by atoms with Crippen molar-refractivity contribution in [3.05, 3.63) is 54.1 Å². The summed E-state index contributed by atoms with van der Waals surface area (Å²) in [7, 11) is 0. The molecule has 0 saturated carbocycles. The Hall–Kier alpha value is -3.14. The smallest absolute Gasteiger partial charge is 0.406 e. The molecule has 268 valence electrons. The van der Waals surface area contributed by atoms with Gasteiger partial charge in [-0.1, -0.05) is 0 Å². The molecule has 2 saturated heterocycles. The second kappa shape index (κ2) is 20.4. The van der Waals surface area contributed by atoms with Gasteiger partial charge < -0.3 is 30.3 Å². The molecule has 2 aliphatic heterocycles. The third-order valence-electron chi connectivity index (χ3n) is 6.79. The van der Waals surface area contributed by atoms with Crippen molar-refractivity contribution in [3.63, 3.8) is 0 Å². The van der Waals surface area contributed by atoms with E-state index >= 15 is 0 Å². The summed E-state index contributed by atoms with van der Waals surface area (Å²) in [4.78, 5) is 33.4. The molecule has 2 aliphatic rings. The molecule has 0 atom stereocenters. The Morgan fingerprint density at radius 3 is 1.60 bits per heavy atom. The van der Waals surface area contributed by atoms with E-state index in [1.807, 2.05) is 0 Å². The van der Waals surface area contributed by atoms with Crippen molar-refractivity contribution < 1.29 is 50.2 Å². The molecule has 4 rings (SSSR count). The first-order chi connectivity index (χ1) is 22.6. The van der Waals surface area contributed by atoms with E-state index in [4.69, 9.17) is 34.8 Å². The topological polar surface area (TPSA) is 109 Å². The number of nitrogens with one attached hydrogen (secondary N) is 3. The lowest BCUT2D eigenvalue weighted by Crippen LogP contribution is -2.42. The summed E-state index contributed by atoms with van der Waals surface area (Å²) in [5.41, 5.74) is 0.817. The summed E-state index contributed by atoms with van der Waals surface area (Å²) in [5, 5.41) is 9.74. The molecule has 2 heterocycles.